The number of hydrogen-bond donors (Lipinski definition) is 3. The predicted molar refractivity (Wildman–Crippen MR) is 60.7 cm³/mol. The van der Waals surface area contributed by atoms with Gasteiger partial charge in [0, 0.05) is 6.54 Å². The summed E-state index contributed by atoms with van der Waals surface area (Å²) in [6.07, 6.45) is 4.51. The lowest BCUT2D eigenvalue weighted by molar-refractivity contribution is 0.284. The van der Waals surface area contributed by atoms with Gasteiger partial charge in [-0.2, -0.15) is 0 Å². The number of aromatic amines is 1. The summed E-state index contributed by atoms with van der Waals surface area (Å²) in [5, 5.41) is 3.22. The fourth-order valence-electron chi connectivity index (χ4n) is 1.90. The van der Waals surface area contributed by atoms with Gasteiger partial charge >= 0.3 is 0 Å². The van der Waals surface area contributed by atoms with Crippen molar-refractivity contribution in [2.45, 2.75) is 24.8 Å². The number of hydrogen-bond acceptors (Lipinski definition) is 5. The summed E-state index contributed by atoms with van der Waals surface area (Å²) in [6, 6.07) is 0. The van der Waals surface area contributed by atoms with E-state index >= 15 is 0 Å². The molecule has 1 aliphatic carbocycles. The quantitative estimate of drug-likeness (QED) is 0.673. The Labute approximate surface area is 93.2 Å². The van der Waals surface area contributed by atoms with E-state index in [1.165, 1.54) is 13.4 Å². The van der Waals surface area contributed by atoms with Gasteiger partial charge in [0.1, 0.15) is 0 Å². The first-order valence-corrected chi connectivity index (χ1v) is 5.31. The maximum Gasteiger partial charge on any atom is 0.295 e. The number of ether oxygens (including phenoxy) is 1. The predicted octanol–water partition coefficient (Wildman–Crippen LogP) is 0.0718. The molecule has 6 nitrogen and oxygen atoms in total. The molecule has 1 aromatic rings. The first-order valence-electron chi connectivity index (χ1n) is 5.31. The van der Waals surface area contributed by atoms with Crippen molar-refractivity contribution in [3.63, 3.8) is 0 Å². The summed E-state index contributed by atoms with van der Waals surface area (Å²) in [5.74, 6) is 0.679. The Morgan fingerprint density at radius 1 is 1.69 bits per heavy atom. The highest BCUT2D eigenvalue weighted by molar-refractivity contribution is 5.50. The zero-order chi connectivity index (χ0) is 11.6. The average Bonchev–Trinajstić information content (AvgIpc) is 2.23. The smallest absolute Gasteiger partial charge is 0.295 e. The van der Waals surface area contributed by atoms with E-state index in [1.54, 1.807) is 0 Å². The van der Waals surface area contributed by atoms with Crippen LogP contribution >= 0.6 is 0 Å². The molecule has 1 aliphatic rings. The molecule has 1 heterocycles. The Bertz CT molecular complexity index is 420. The van der Waals surface area contributed by atoms with Gasteiger partial charge in [-0.05, 0) is 19.3 Å². The van der Waals surface area contributed by atoms with E-state index < -0.39 is 0 Å². The molecule has 1 aromatic heterocycles. The lowest BCUT2D eigenvalue weighted by Crippen LogP contribution is -2.51. The van der Waals surface area contributed by atoms with Crippen molar-refractivity contribution in [1.82, 2.24) is 9.97 Å². The average molecular weight is 224 g/mol. The van der Waals surface area contributed by atoms with Gasteiger partial charge in [0.2, 0.25) is 5.75 Å². The van der Waals surface area contributed by atoms with E-state index in [0.717, 1.165) is 19.3 Å². The van der Waals surface area contributed by atoms with Crippen molar-refractivity contribution in [3.05, 3.63) is 16.7 Å². The highest BCUT2D eigenvalue weighted by atomic mass is 16.5. The molecule has 4 N–H and O–H groups in total. The minimum Gasteiger partial charge on any atom is -0.489 e. The molecule has 0 bridgehead atoms. The molecule has 1 saturated carbocycles. The molecule has 0 radical (unpaired) electrons. The molecule has 2 rings (SSSR count). The zero-order valence-corrected chi connectivity index (χ0v) is 9.25. The molecular formula is C10H16N4O2. The number of anilines is 1. The number of rotatable bonds is 4. The van der Waals surface area contributed by atoms with Crippen LogP contribution in [0, 0.1) is 0 Å². The Morgan fingerprint density at radius 3 is 2.94 bits per heavy atom. The van der Waals surface area contributed by atoms with Gasteiger partial charge in [-0.25, -0.2) is 4.98 Å². The molecule has 0 aromatic carbocycles. The summed E-state index contributed by atoms with van der Waals surface area (Å²) >= 11 is 0. The highest BCUT2D eigenvalue weighted by Gasteiger charge is 2.36. The molecule has 1 fully saturated rings. The molecule has 0 atom stereocenters. The lowest BCUT2D eigenvalue weighted by Gasteiger charge is -2.42. The van der Waals surface area contributed by atoms with Crippen LogP contribution < -0.4 is 21.3 Å². The molecule has 0 unspecified atom stereocenters. The van der Waals surface area contributed by atoms with Crippen LogP contribution in [0.5, 0.6) is 5.75 Å². The van der Waals surface area contributed by atoms with Gasteiger partial charge in [-0.3, -0.25) is 4.79 Å². The fraction of sp³-hybridized carbons (Fsp3) is 0.600. The van der Waals surface area contributed by atoms with E-state index in [-0.39, 0.29) is 16.8 Å². The largest absolute Gasteiger partial charge is 0.489 e. The van der Waals surface area contributed by atoms with Gasteiger partial charge in [-0.15, -0.1) is 0 Å². The Balaban J connectivity index is 2.27. The monoisotopic (exact) mass is 224 g/mol. The molecular weight excluding hydrogens is 208 g/mol. The fourth-order valence-corrected chi connectivity index (χ4v) is 1.90. The van der Waals surface area contributed by atoms with E-state index in [1.807, 2.05) is 0 Å². The minimum absolute atomic E-state index is 0.117. The summed E-state index contributed by atoms with van der Waals surface area (Å²) in [5.41, 5.74) is 5.33. The van der Waals surface area contributed by atoms with Crippen LogP contribution in [0.2, 0.25) is 0 Å². The third kappa shape index (κ3) is 1.76. The molecule has 0 aliphatic heterocycles. The van der Waals surface area contributed by atoms with Gasteiger partial charge < -0.3 is 20.8 Å². The number of nitrogens with two attached hydrogens (primary N) is 1. The summed E-state index contributed by atoms with van der Waals surface area (Å²) < 4.78 is 5.03. The Morgan fingerprint density at radius 2 is 2.44 bits per heavy atom. The Hall–Kier alpha value is -1.56. The van der Waals surface area contributed by atoms with Crippen molar-refractivity contribution < 1.29 is 4.74 Å². The molecule has 88 valence electrons. The molecule has 0 amide bonds. The van der Waals surface area contributed by atoms with Crippen LogP contribution in [0.15, 0.2) is 11.1 Å². The first kappa shape index (κ1) is 10.9. The Kier molecular flexibility index (Phi) is 2.82. The van der Waals surface area contributed by atoms with E-state index in [9.17, 15) is 4.79 Å². The third-order valence-electron chi connectivity index (χ3n) is 3.10. The normalized spacial score (nSPS) is 17.6. The van der Waals surface area contributed by atoms with Gasteiger partial charge in [-0.1, -0.05) is 0 Å². The van der Waals surface area contributed by atoms with E-state index in [2.05, 4.69) is 15.3 Å². The van der Waals surface area contributed by atoms with Crippen molar-refractivity contribution in [1.29, 1.82) is 0 Å². The highest BCUT2D eigenvalue weighted by Crippen LogP contribution is 2.35. The number of nitrogens with zero attached hydrogens (tertiary/aromatic N) is 1. The number of methoxy groups -OCH3 is 1. The molecule has 0 spiro atoms. The van der Waals surface area contributed by atoms with Crippen molar-refractivity contribution in [2.24, 2.45) is 5.73 Å². The maximum atomic E-state index is 11.5. The summed E-state index contributed by atoms with van der Waals surface area (Å²) in [4.78, 5) is 18.0. The zero-order valence-electron chi connectivity index (χ0n) is 9.25. The lowest BCUT2D eigenvalue weighted by atomic mass is 9.77. The first-order chi connectivity index (χ1) is 7.71. The number of aromatic nitrogens is 2. The standard InChI is InChI=1S/C10H16N4O2/c1-16-7-8(12-6-13-9(7)15)14-10(5-11)3-2-4-10/h6H,2-5,11H2,1H3,(H2,12,13,14,15). The van der Waals surface area contributed by atoms with Crippen molar-refractivity contribution in [2.75, 3.05) is 19.0 Å². The van der Waals surface area contributed by atoms with E-state index in [0.29, 0.717) is 12.4 Å². The minimum atomic E-state index is -0.286. The van der Waals surface area contributed by atoms with Crippen molar-refractivity contribution in [3.8, 4) is 5.75 Å². The van der Waals surface area contributed by atoms with Gasteiger partial charge in [0.15, 0.2) is 5.82 Å². The second-order valence-corrected chi connectivity index (χ2v) is 4.08. The van der Waals surface area contributed by atoms with Crippen LogP contribution in [-0.2, 0) is 0 Å². The number of nitrogens with one attached hydrogen (secondary N) is 2. The van der Waals surface area contributed by atoms with Crippen LogP contribution in [0.3, 0.4) is 0 Å². The summed E-state index contributed by atoms with van der Waals surface area (Å²) in [7, 11) is 1.45. The summed E-state index contributed by atoms with van der Waals surface area (Å²) in [6.45, 7) is 0.532. The molecule has 0 saturated heterocycles. The second kappa shape index (κ2) is 4.13. The molecule has 6 heteroatoms. The molecule has 16 heavy (non-hydrogen) atoms. The van der Waals surface area contributed by atoms with Crippen LogP contribution in [0.1, 0.15) is 19.3 Å². The van der Waals surface area contributed by atoms with Gasteiger partial charge in [0.25, 0.3) is 5.56 Å². The SMILES string of the molecule is COc1c(NC2(CN)CCC2)nc[nH]c1=O. The topological polar surface area (TPSA) is 93.0 Å². The number of H-pyrrole nitrogens is 1. The van der Waals surface area contributed by atoms with E-state index in [4.69, 9.17) is 10.5 Å². The van der Waals surface area contributed by atoms with Crippen molar-refractivity contribution >= 4 is 5.82 Å². The third-order valence-corrected chi connectivity index (χ3v) is 3.10. The van der Waals surface area contributed by atoms with Crippen LogP contribution in [0.25, 0.3) is 0 Å². The van der Waals surface area contributed by atoms with Gasteiger partial charge in [0.05, 0.1) is 19.0 Å². The van der Waals surface area contributed by atoms with Crippen LogP contribution in [-0.4, -0.2) is 29.2 Å². The van der Waals surface area contributed by atoms with Crippen LogP contribution in [0.4, 0.5) is 5.82 Å². The maximum absolute atomic E-state index is 11.5. The second-order valence-electron chi connectivity index (χ2n) is 4.08.